The van der Waals surface area contributed by atoms with Crippen LogP contribution in [0, 0.1) is 23.6 Å². The van der Waals surface area contributed by atoms with Gasteiger partial charge in [-0.2, -0.15) is 4.31 Å². The van der Waals surface area contributed by atoms with E-state index in [-0.39, 0.29) is 10.6 Å². The molecule has 5 nitrogen and oxygen atoms in total. The van der Waals surface area contributed by atoms with Crippen LogP contribution in [0.25, 0.3) is 0 Å². The van der Waals surface area contributed by atoms with Gasteiger partial charge in [-0.15, -0.1) is 0 Å². The number of nitrogens with one attached hydrogen (secondary N) is 1. The molecule has 6 rings (SSSR count). The molecule has 1 aromatic carbocycles. The zero-order valence-electron chi connectivity index (χ0n) is 16.5. The average Bonchev–Trinajstić information content (AvgIpc) is 2.67. The van der Waals surface area contributed by atoms with Gasteiger partial charge in [0, 0.05) is 25.3 Å². The van der Waals surface area contributed by atoms with Crippen molar-refractivity contribution in [2.45, 2.75) is 49.0 Å². The van der Waals surface area contributed by atoms with Crippen LogP contribution in [0.2, 0.25) is 0 Å². The summed E-state index contributed by atoms with van der Waals surface area (Å²) in [4.78, 5) is 1.75. The molecule has 7 heteroatoms. The van der Waals surface area contributed by atoms with Crippen LogP contribution in [0.1, 0.15) is 38.5 Å². The number of benzene rings is 1. The molecule has 1 N–H and O–H groups in total. The summed E-state index contributed by atoms with van der Waals surface area (Å²) in [6, 6.07) is 3.80. The quantitative estimate of drug-likeness (QED) is 0.824. The number of hydrogen-bond donors (Lipinski definition) is 1. The molecule has 4 aliphatic carbocycles. The molecule has 1 aromatic rings. The summed E-state index contributed by atoms with van der Waals surface area (Å²) < 4.78 is 46.3. The fourth-order valence-corrected chi connectivity index (χ4v) is 8.48. The van der Waals surface area contributed by atoms with Crippen molar-refractivity contribution in [2.24, 2.45) is 17.8 Å². The Labute approximate surface area is 166 Å². The van der Waals surface area contributed by atoms with Crippen LogP contribution >= 0.6 is 0 Å². The first kappa shape index (κ1) is 18.8. The van der Waals surface area contributed by atoms with Crippen molar-refractivity contribution in [3.63, 3.8) is 0 Å². The zero-order valence-corrected chi connectivity index (χ0v) is 17.3. The summed E-state index contributed by atoms with van der Waals surface area (Å²) in [5.74, 6) is 2.16. The number of methoxy groups -OCH3 is 1. The van der Waals surface area contributed by atoms with Crippen molar-refractivity contribution in [3.8, 4) is 5.75 Å². The average molecular weight is 410 g/mol. The minimum atomic E-state index is -3.62. The van der Waals surface area contributed by atoms with Gasteiger partial charge in [0.1, 0.15) is 0 Å². The summed E-state index contributed by atoms with van der Waals surface area (Å²) in [6.45, 7) is 2.84. The molecule has 5 aliphatic rings. The lowest BCUT2D eigenvalue weighted by Crippen LogP contribution is -3.23. The van der Waals surface area contributed by atoms with Gasteiger partial charge in [-0.05, 0) is 49.1 Å². The number of sulfonamides is 1. The second-order valence-corrected chi connectivity index (χ2v) is 11.4. The summed E-state index contributed by atoms with van der Waals surface area (Å²) in [5.41, 5.74) is 0.406. The third-order valence-electron chi connectivity index (χ3n) is 7.87. The van der Waals surface area contributed by atoms with Crippen LogP contribution in [-0.4, -0.2) is 51.6 Å². The Bertz CT molecular complexity index is 829. The lowest BCUT2D eigenvalue weighted by Gasteiger charge is -2.59. The van der Waals surface area contributed by atoms with E-state index in [1.165, 1.54) is 63.8 Å². The van der Waals surface area contributed by atoms with Gasteiger partial charge in [0.25, 0.3) is 0 Å². The van der Waals surface area contributed by atoms with E-state index in [0.29, 0.717) is 18.6 Å². The highest BCUT2D eigenvalue weighted by Gasteiger charge is 2.56. The molecule has 0 unspecified atom stereocenters. The SMILES string of the molecule is COc1cc(S(=O)(=O)N2CC[NH+](C34CC5CC(CC(C5)C3)C4)CC2)ccc1F. The van der Waals surface area contributed by atoms with Crippen molar-refractivity contribution in [1.29, 1.82) is 0 Å². The smallest absolute Gasteiger partial charge is 0.243 e. The highest BCUT2D eigenvalue weighted by atomic mass is 32.2. The molecule has 0 radical (unpaired) electrons. The number of nitrogens with zero attached hydrogens (tertiary/aromatic N) is 1. The van der Waals surface area contributed by atoms with Crippen LogP contribution in [0.15, 0.2) is 23.1 Å². The summed E-state index contributed by atoms with van der Waals surface area (Å²) in [5, 5.41) is 0. The molecule has 1 saturated heterocycles. The maximum Gasteiger partial charge on any atom is 0.243 e. The second kappa shape index (κ2) is 6.67. The van der Waals surface area contributed by atoms with E-state index in [4.69, 9.17) is 4.74 Å². The number of piperazine rings is 1. The Morgan fingerprint density at radius 2 is 1.64 bits per heavy atom. The molecule has 4 bridgehead atoms. The molecule has 0 aromatic heterocycles. The van der Waals surface area contributed by atoms with Crippen LogP contribution < -0.4 is 9.64 Å². The van der Waals surface area contributed by atoms with E-state index < -0.39 is 15.8 Å². The third-order valence-corrected chi connectivity index (χ3v) is 9.77. The molecule has 28 heavy (non-hydrogen) atoms. The van der Waals surface area contributed by atoms with E-state index in [2.05, 4.69) is 0 Å². The first-order chi connectivity index (χ1) is 13.4. The van der Waals surface area contributed by atoms with Crippen LogP contribution in [-0.2, 0) is 10.0 Å². The largest absolute Gasteiger partial charge is 0.494 e. The summed E-state index contributed by atoms with van der Waals surface area (Å²) >= 11 is 0. The molecule has 1 aliphatic heterocycles. The molecule has 0 spiro atoms. The molecule has 0 atom stereocenters. The van der Waals surface area contributed by atoms with Gasteiger partial charge in [0.2, 0.25) is 10.0 Å². The van der Waals surface area contributed by atoms with E-state index in [0.717, 1.165) is 30.8 Å². The van der Waals surface area contributed by atoms with E-state index >= 15 is 0 Å². The van der Waals surface area contributed by atoms with E-state index in [9.17, 15) is 12.8 Å². The van der Waals surface area contributed by atoms with Crippen molar-refractivity contribution in [3.05, 3.63) is 24.0 Å². The normalized spacial score (nSPS) is 36.0. The Kier molecular flexibility index (Phi) is 4.49. The number of quaternary nitrogens is 1. The van der Waals surface area contributed by atoms with Crippen LogP contribution in [0.3, 0.4) is 0 Å². The summed E-state index contributed by atoms with van der Waals surface area (Å²) in [7, 11) is -2.27. The Morgan fingerprint density at radius 3 is 2.18 bits per heavy atom. The molecular formula is C21H30FN2O3S+. The van der Waals surface area contributed by atoms with Gasteiger partial charge in [-0.1, -0.05) is 0 Å². The van der Waals surface area contributed by atoms with Gasteiger partial charge in [-0.3, -0.25) is 0 Å². The van der Waals surface area contributed by atoms with Crippen LogP contribution in [0.5, 0.6) is 5.75 Å². The van der Waals surface area contributed by atoms with Crippen molar-refractivity contribution >= 4 is 10.0 Å². The predicted octanol–water partition coefficient (Wildman–Crippen LogP) is 1.69. The lowest BCUT2D eigenvalue weighted by molar-refractivity contribution is -0.962. The Morgan fingerprint density at radius 1 is 1.07 bits per heavy atom. The van der Waals surface area contributed by atoms with Crippen LogP contribution in [0.4, 0.5) is 4.39 Å². The molecule has 1 heterocycles. The second-order valence-electron chi connectivity index (χ2n) is 9.50. The zero-order chi connectivity index (χ0) is 19.5. The fourth-order valence-electron chi connectivity index (χ4n) is 7.02. The van der Waals surface area contributed by atoms with Gasteiger partial charge in [-0.25, -0.2) is 12.8 Å². The minimum Gasteiger partial charge on any atom is -0.494 e. The molecule has 5 fully saturated rings. The molecule has 154 valence electrons. The van der Waals surface area contributed by atoms with E-state index in [1.807, 2.05) is 0 Å². The molecule has 4 saturated carbocycles. The number of halogens is 1. The molecular weight excluding hydrogens is 379 g/mol. The highest BCUT2D eigenvalue weighted by molar-refractivity contribution is 7.89. The summed E-state index contributed by atoms with van der Waals surface area (Å²) in [6.07, 6.45) is 8.32. The standard InChI is InChI=1S/C21H29FN2O3S/c1-27-20-11-18(2-3-19(20)22)28(25,26)24-6-4-23(5-7-24)21-12-15-8-16(13-21)10-17(9-15)14-21/h2-3,11,15-17H,4-10,12-14H2,1H3/p+1. The van der Waals surface area contributed by atoms with E-state index in [1.54, 1.807) is 9.21 Å². The number of hydrogen-bond acceptors (Lipinski definition) is 3. The number of ether oxygens (including phenoxy) is 1. The van der Waals surface area contributed by atoms with Gasteiger partial charge in [0.15, 0.2) is 11.6 Å². The molecule has 0 amide bonds. The topological polar surface area (TPSA) is 51.1 Å². The first-order valence-electron chi connectivity index (χ1n) is 10.6. The number of rotatable bonds is 4. The highest BCUT2D eigenvalue weighted by Crippen LogP contribution is 2.54. The van der Waals surface area contributed by atoms with Gasteiger partial charge in [0.05, 0.1) is 43.7 Å². The van der Waals surface area contributed by atoms with Gasteiger partial charge >= 0.3 is 0 Å². The Hall–Kier alpha value is -1.18. The lowest BCUT2D eigenvalue weighted by atomic mass is 9.52. The maximum atomic E-state index is 13.7. The fraction of sp³-hybridized carbons (Fsp3) is 0.714. The predicted molar refractivity (Wildman–Crippen MR) is 103 cm³/mol. The van der Waals surface area contributed by atoms with Gasteiger partial charge < -0.3 is 9.64 Å². The maximum absolute atomic E-state index is 13.7. The first-order valence-corrected chi connectivity index (χ1v) is 12.0. The van der Waals surface area contributed by atoms with Crippen molar-refractivity contribution < 1.29 is 22.4 Å². The van der Waals surface area contributed by atoms with Crippen molar-refractivity contribution in [1.82, 2.24) is 4.31 Å². The Balaban J connectivity index is 1.31. The minimum absolute atomic E-state index is 0.0288. The van der Waals surface area contributed by atoms with Crippen molar-refractivity contribution in [2.75, 3.05) is 33.3 Å². The third kappa shape index (κ3) is 2.97. The monoisotopic (exact) mass is 409 g/mol.